The van der Waals surface area contributed by atoms with E-state index in [9.17, 15) is 14.4 Å². The third-order valence-corrected chi connectivity index (χ3v) is 12.5. The zero-order chi connectivity index (χ0) is 44.2. The third-order valence-electron chi connectivity index (χ3n) is 12.5. The van der Waals surface area contributed by atoms with Crippen LogP contribution in [0.2, 0.25) is 0 Å². The normalized spacial score (nSPS) is 12.6. The molecule has 0 spiro atoms. The number of ether oxygens (including phenoxy) is 3. The lowest BCUT2D eigenvalue weighted by Gasteiger charge is -2.18. The zero-order valence-electron chi connectivity index (χ0n) is 41.3. The van der Waals surface area contributed by atoms with Crippen LogP contribution in [0.15, 0.2) is 0 Å². The Balaban J connectivity index is 4.28. The molecule has 0 fully saturated rings. The van der Waals surface area contributed by atoms with Gasteiger partial charge in [-0.25, -0.2) is 0 Å². The lowest BCUT2D eigenvalue weighted by Crippen LogP contribution is -2.30. The van der Waals surface area contributed by atoms with E-state index in [0.717, 1.165) is 75.5 Å². The van der Waals surface area contributed by atoms with Crippen LogP contribution in [0.5, 0.6) is 0 Å². The summed E-state index contributed by atoms with van der Waals surface area (Å²) in [5.41, 5.74) is 0. The van der Waals surface area contributed by atoms with Crippen LogP contribution in [-0.2, 0) is 28.6 Å². The molecule has 0 heterocycles. The van der Waals surface area contributed by atoms with E-state index in [2.05, 4.69) is 41.5 Å². The first-order valence-corrected chi connectivity index (χ1v) is 26.6. The summed E-state index contributed by atoms with van der Waals surface area (Å²) in [7, 11) is 0. The molecule has 1 unspecified atom stereocenters. The molecule has 0 aromatic rings. The molecule has 0 amide bonds. The van der Waals surface area contributed by atoms with Crippen molar-refractivity contribution in [2.24, 2.45) is 17.8 Å². The summed E-state index contributed by atoms with van der Waals surface area (Å²) in [5.74, 6) is 1.65. The predicted octanol–water partition coefficient (Wildman–Crippen LogP) is 17.2. The molecule has 0 aliphatic carbocycles. The summed E-state index contributed by atoms with van der Waals surface area (Å²) in [6, 6.07) is 0. The standard InChI is InChI=1S/C54H104O6/c1-7-50(6)42-36-30-24-20-21-27-33-39-45-54(57)60-51(47-59-53(56)44-38-32-26-19-15-17-23-29-35-41-49(4)5)46-58-52(55)43-37-31-25-18-14-12-10-8-9-11-13-16-22-28-34-40-48(2)3/h48-51H,7-47H2,1-6H3/t50?,51-/m1/s1. The molecular weight excluding hydrogens is 745 g/mol. The van der Waals surface area contributed by atoms with Gasteiger partial charge in [0, 0.05) is 19.3 Å². The van der Waals surface area contributed by atoms with Crippen LogP contribution < -0.4 is 0 Å². The highest BCUT2D eigenvalue weighted by atomic mass is 16.6. The fourth-order valence-electron chi connectivity index (χ4n) is 8.08. The molecule has 0 saturated carbocycles. The lowest BCUT2D eigenvalue weighted by atomic mass is 9.99. The van der Waals surface area contributed by atoms with Crippen molar-refractivity contribution >= 4 is 17.9 Å². The highest BCUT2D eigenvalue weighted by Gasteiger charge is 2.19. The van der Waals surface area contributed by atoms with Gasteiger partial charge < -0.3 is 14.2 Å². The van der Waals surface area contributed by atoms with Crippen LogP contribution in [-0.4, -0.2) is 37.2 Å². The van der Waals surface area contributed by atoms with Gasteiger partial charge in [0.15, 0.2) is 6.10 Å². The summed E-state index contributed by atoms with van der Waals surface area (Å²) < 4.78 is 16.8. The maximum Gasteiger partial charge on any atom is 0.306 e. The molecule has 0 saturated heterocycles. The van der Waals surface area contributed by atoms with Crippen molar-refractivity contribution in [3.8, 4) is 0 Å². The molecule has 60 heavy (non-hydrogen) atoms. The van der Waals surface area contributed by atoms with Gasteiger partial charge >= 0.3 is 17.9 Å². The van der Waals surface area contributed by atoms with Gasteiger partial charge in [-0.05, 0) is 37.0 Å². The molecule has 0 radical (unpaired) electrons. The number of esters is 3. The second-order valence-electron chi connectivity index (χ2n) is 19.7. The predicted molar refractivity (Wildman–Crippen MR) is 256 cm³/mol. The highest BCUT2D eigenvalue weighted by Crippen LogP contribution is 2.18. The first-order valence-electron chi connectivity index (χ1n) is 26.6. The second-order valence-corrected chi connectivity index (χ2v) is 19.7. The van der Waals surface area contributed by atoms with Crippen molar-refractivity contribution < 1.29 is 28.6 Å². The highest BCUT2D eigenvalue weighted by molar-refractivity contribution is 5.71. The van der Waals surface area contributed by atoms with Crippen molar-refractivity contribution in [1.29, 1.82) is 0 Å². The quantitative estimate of drug-likeness (QED) is 0.0345. The maximum atomic E-state index is 12.8. The van der Waals surface area contributed by atoms with Crippen molar-refractivity contribution in [1.82, 2.24) is 0 Å². The number of carbonyl (C=O) groups excluding carboxylic acids is 3. The molecule has 0 aliphatic rings. The molecule has 0 N–H and O–H groups in total. The van der Waals surface area contributed by atoms with Crippen LogP contribution in [0.4, 0.5) is 0 Å². The maximum absolute atomic E-state index is 12.8. The monoisotopic (exact) mass is 849 g/mol. The summed E-state index contributed by atoms with van der Waals surface area (Å²) in [5, 5.41) is 0. The van der Waals surface area contributed by atoms with E-state index in [0.29, 0.717) is 19.3 Å². The largest absolute Gasteiger partial charge is 0.462 e. The average Bonchev–Trinajstić information content (AvgIpc) is 3.22. The Bertz CT molecular complexity index is 931. The first kappa shape index (κ1) is 58.4. The van der Waals surface area contributed by atoms with Crippen LogP contribution in [0, 0.1) is 17.8 Å². The Labute approximate surface area is 374 Å². The molecule has 2 atom stereocenters. The molecule has 356 valence electrons. The minimum absolute atomic E-state index is 0.0648. The Hall–Kier alpha value is -1.59. The van der Waals surface area contributed by atoms with Gasteiger partial charge in [-0.15, -0.1) is 0 Å². The lowest BCUT2D eigenvalue weighted by molar-refractivity contribution is -0.167. The molecule has 0 aromatic carbocycles. The van der Waals surface area contributed by atoms with Gasteiger partial charge in [0.05, 0.1) is 0 Å². The number of hydrogen-bond donors (Lipinski definition) is 0. The summed E-state index contributed by atoms with van der Waals surface area (Å²) >= 11 is 0. The molecule has 6 heteroatoms. The zero-order valence-corrected chi connectivity index (χ0v) is 41.3. The fourth-order valence-corrected chi connectivity index (χ4v) is 8.08. The first-order chi connectivity index (χ1) is 29.1. The number of rotatable bonds is 47. The van der Waals surface area contributed by atoms with Gasteiger partial charge in [-0.1, -0.05) is 253 Å². The topological polar surface area (TPSA) is 78.9 Å². The van der Waals surface area contributed by atoms with Crippen LogP contribution >= 0.6 is 0 Å². The third kappa shape index (κ3) is 45.9. The van der Waals surface area contributed by atoms with Crippen LogP contribution in [0.3, 0.4) is 0 Å². The molecule has 0 aromatic heterocycles. The Morgan fingerprint density at radius 1 is 0.333 bits per heavy atom. The molecular formula is C54H104O6. The van der Waals surface area contributed by atoms with Gasteiger partial charge in [0.25, 0.3) is 0 Å². The number of carbonyl (C=O) groups is 3. The Morgan fingerprint density at radius 3 is 0.867 bits per heavy atom. The number of unbranched alkanes of at least 4 members (excludes halogenated alkanes) is 29. The van der Waals surface area contributed by atoms with Crippen LogP contribution in [0.1, 0.15) is 292 Å². The van der Waals surface area contributed by atoms with Crippen molar-refractivity contribution in [3.63, 3.8) is 0 Å². The van der Waals surface area contributed by atoms with E-state index in [-0.39, 0.29) is 31.1 Å². The molecule has 0 bridgehead atoms. The van der Waals surface area contributed by atoms with Crippen LogP contribution in [0.25, 0.3) is 0 Å². The minimum Gasteiger partial charge on any atom is -0.462 e. The fraction of sp³-hybridized carbons (Fsp3) is 0.944. The van der Waals surface area contributed by atoms with Gasteiger partial charge in [0.1, 0.15) is 13.2 Å². The average molecular weight is 849 g/mol. The molecule has 0 aliphatic heterocycles. The van der Waals surface area contributed by atoms with Gasteiger partial charge in [-0.3, -0.25) is 14.4 Å². The van der Waals surface area contributed by atoms with E-state index in [1.807, 2.05) is 0 Å². The van der Waals surface area contributed by atoms with Crippen molar-refractivity contribution in [3.05, 3.63) is 0 Å². The molecule has 6 nitrogen and oxygen atoms in total. The summed E-state index contributed by atoms with van der Waals surface area (Å²) in [4.78, 5) is 38.0. The van der Waals surface area contributed by atoms with E-state index in [4.69, 9.17) is 14.2 Å². The molecule has 0 rings (SSSR count). The Morgan fingerprint density at radius 2 is 0.583 bits per heavy atom. The van der Waals surface area contributed by atoms with Gasteiger partial charge in [-0.2, -0.15) is 0 Å². The SMILES string of the molecule is CCC(C)CCCCCCCCCCC(=O)O[C@H](COC(=O)CCCCCCCCCCCCCCCCCC(C)C)COC(=O)CCCCCCCCCCCC(C)C. The Kier molecular flexibility index (Phi) is 44.2. The summed E-state index contributed by atoms with van der Waals surface area (Å²) in [6.45, 7) is 13.7. The summed E-state index contributed by atoms with van der Waals surface area (Å²) in [6.07, 6.45) is 45.2. The van der Waals surface area contributed by atoms with E-state index >= 15 is 0 Å². The van der Waals surface area contributed by atoms with Gasteiger partial charge in [0.2, 0.25) is 0 Å². The van der Waals surface area contributed by atoms with Crippen molar-refractivity contribution in [2.75, 3.05) is 13.2 Å². The van der Waals surface area contributed by atoms with E-state index in [1.165, 1.54) is 173 Å². The second kappa shape index (κ2) is 45.4. The van der Waals surface area contributed by atoms with Crippen molar-refractivity contribution in [2.45, 2.75) is 298 Å². The number of hydrogen-bond acceptors (Lipinski definition) is 6. The van der Waals surface area contributed by atoms with E-state index in [1.54, 1.807) is 0 Å². The minimum atomic E-state index is -0.763. The van der Waals surface area contributed by atoms with E-state index < -0.39 is 6.10 Å². The smallest absolute Gasteiger partial charge is 0.306 e.